The first-order chi connectivity index (χ1) is 7.31. The van der Waals surface area contributed by atoms with E-state index in [9.17, 15) is 4.79 Å². The summed E-state index contributed by atoms with van der Waals surface area (Å²) >= 11 is 0. The topological polar surface area (TPSA) is 44.9 Å². The van der Waals surface area contributed by atoms with E-state index in [2.05, 4.69) is 10.3 Å². The van der Waals surface area contributed by atoms with E-state index >= 15 is 0 Å². The maximum Gasteiger partial charge on any atom is 0.267 e. The Bertz CT molecular complexity index is 440. The molecule has 0 radical (unpaired) electrons. The van der Waals surface area contributed by atoms with Crippen LogP contribution in [-0.2, 0) is 0 Å². The Morgan fingerprint density at radius 3 is 2.93 bits per heavy atom. The molecule has 1 amide bonds. The fraction of sp³-hybridized carbons (Fsp3) is 0.250. The fourth-order valence-electron chi connectivity index (χ4n) is 1.53. The normalized spacial score (nSPS) is 10.5. The molecule has 0 aliphatic heterocycles. The van der Waals surface area contributed by atoms with Gasteiger partial charge in [0.25, 0.3) is 5.91 Å². The van der Waals surface area contributed by atoms with Gasteiger partial charge in [-0.05, 0) is 18.6 Å². The van der Waals surface area contributed by atoms with Crippen LogP contribution < -0.4 is 5.32 Å². The van der Waals surface area contributed by atoms with Gasteiger partial charge in [-0.15, -0.1) is 0 Å². The predicted octanol–water partition coefficient (Wildman–Crippen LogP) is 2.31. The summed E-state index contributed by atoms with van der Waals surface area (Å²) in [5, 5.41) is 3.91. The molecule has 3 heteroatoms. The van der Waals surface area contributed by atoms with Crippen LogP contribution in [-0.4, -0.2) is 17.4 Å². The molecule has 0 atom stereocenters. The van der Waals surface area contributed by atoms with Crippen molar-refractivity contribution >= 4 is 16.8 Å². The summed E-state index contributed by atoms with van der Waals surface area (Å²) in [6.45, 7) is 2.75. The van der Waals surface area contributed by atoms with Gasteiger partial charge in [0.2, 0.25) is 0 Å². The summed E-state index contributed by atoms with van der Waals surface area (Å²) in [6, 6.07) is 9.74. The molecule has 1 aromatic carbocycles. The molecule has 0 unspecified atom stereocenters. The minimum Gasteiger partial charge on any atom is -0.351 e. The zero-order valence-corrected chi connectivity index (χ0v) is 8.71. The van der Waals surface area contributed by atoms with E-state index in [1.807, 2.05) is 37.3 Å². The molecule has 0 fully saturated rings. The molecule has 0 saturated heterocycles. The molecule has 78 valence electrons. The third-order valence-corrected chi connectivity index (χ3v) is 2.31. The summed E-state index contributed by atoms with van der Waals surface area (Å²) in [4.78, 5) is 14.7. The first-order valence-corrected chi connectivity index (χ1v) is 5.17. The van der Waals surface area contributed by atoms with Crippen LogP contribution >= 0.6 is 0 Å². The third-order valence-electron chi connectivity index (χ3n) is 2.31. The van der Waals surface area contributed by atoms with Crippen LogP contribution in [0.25, 0.3) is 10.9 Å². The number of nitrogens with one attached hydrogen (secondary N) is 2. The Hall–Kier alpha value is -1.77. The Morgan fingerprint density at radius 1 is 1.40 bits per heavy atom. The molecule has 0 spiro atoms. The highest BCUT2D eigenvalue weighted by Gasteiger charge is 2.07. The molecule has 0 aliphatic carbocycles. The highest BCUT2D eigenvalue weighted by atomic mass is 16.1. The van der Waals surface area contributed by atoms with Crippen molar-refractivity contribution in [1.29, 1.82) is 0 Å². The zero-order chi connectivity index (χ0) is 10.7. The number of fused-ring (bicyclic) bond motifs is 1. The molecule has 0 bridgehead atoms. The van der Waals surface area contributed by atoms with Gasteiger partial charge in [-0.2, -0.15) is 0 Å². The minimum absolute atomic E-state index is 0.0342. The lowest BCUT2D eigenvalue weighted by Gasteiger charge is -1.99. The summed E-state index contributed by atoms with van der Waals surface area (Å²) in [5.41, 5.74) is 1.63. The van der Waals surface area contributed by atoms with Crippen molar-refractivity contribution < 1.29 is 4.79 Å². The summed E-state index contributed by atoms with van der Waals surface area (Å²) in [5.74, 6) is -0.0342. The van der Waals surface area contributed by atoms with E-state index < -0.39 is 0 Å². The number of para-hydroxylation sites is 1. The van der Waals surface area contributed by atoms with E-state index in [0.29, 0.717) is 12.2 Å². The number of aromatic nitrogens is 1. The molecule has 2 rings (SSSR count). The summed E-state index contributed by atoms with van der Waals surface area (Å²) in [7, 11) is 0. The Labute approximate surface area is 88.5 Å². The molecule has 15 heavy (non-hydrogen) atoms. The highest BCUT2D eigenvalue weighted by Crippen LogP contribution is 2.14. The van der Waals surface area contributed by atoms with Crippen LogP contribution in [0.3, 0.4) is 0 Å². The smallest absolute Gasteiger partial charge is 0.267 e. The van der Waals surface area contributed by atoms with Gasteiger partial charge in [0.15, 0.2) is 0 Å². The minimum atomic E-state index is -0.0342. The van der Waals surface area contributed by atoms with Crippen LogP contribution in [0.1, 0.15) is 23.8 Å². The molecular formula is C12H14N2O. The lowest BCUT2D eigenvalue weighted by Crippen LogP contribution is -2.24. The van der Waals surface area contributed by atoms with Crippen molar-refractivity contribution in [3.05, 3.63) is 36.0 Å². The molecule has 3 nitrogen and oxygen atoms in total. The molecule has 0 saturated carbocycles. The van der Waals surface area contributed by atoms with Crippen molar-refractivity contribution in [2.45, 2.75) is 13.3 Å². The number of aromatic amines is 1. The Morgan fingerprint density at radius 2 is 2.20 bits per heavy atom. The van der Waals surface area contributed by atoms with Gasteiger partial charge >= 0.3 is 0 Å². The van der Waals surface area contributed by atoms with Gasteiger partial charge in [0.05, 0.1) is 0 Å². The molecule has 2 aromatic rings. The third kappa shape index (κ3) is 2.01. The van der Waals surface area contributed by atoms with Crippen LogP contribution in [0, 0.1) is 0 Å². The number of hydrogen-bond donors (Lipinski definition) is 2. The van der Waals surface area contributed by atoms with Gasteiger partial charge in [-0.3, -0.25) is 4.79 Å². The second-order valence-corrected chi connectivity index (χ2v) is 3.53. The van der Waals surface area contributed by atoms with Crippen molar-refractivity contribution in [2.75, 3.05) is 6.54 Å². The number of amides is 1. The van der Waals surface area contributed by atoms with E-state index in [-0.39, 0.29) is 5.91 Å². The number of benzene rings is 1. The van der Waals surface area contributed by atoms with E-state index in [4.69, 9.17) is 0 Å². The number of rotatable bonds is 3. The van der Waals surface area contributed by atoms with Crippen LogP contribution in [0.2, 0.25) is 0 Å². The molecule has 0 aliphatic rings. The van der Waals surface area contributed by atoms with Crippen molar-refractivity contribution in [3.8, 4) is 0 Å². The van der Waals surface area contributed by atoms with Crippen LogP contribution in [0.15, 0.2) is 30.3 Å². The second kappa shape index (κ2) is 4.17. The largest absolute Gasteiger partial charge is 0.351 e. The first kappa shape index (κ1) is 9.77. The van der Waals surface area contributed by atoms with Crippen molar-refractivity contribution in [1.82, 2.24) is 10.3 Å². The van der Waals surface area contributed by atoms with Crippen molar-refractivity contribution in [3.63, 3.8) is 0 Å². The van der Waals surface area contributed by atoms with Gasteiger partial charge in [-0.1, -0.05) is 25.1 Å². The van der Waals surface area contributed by atoms with Gasteiger partial charge < -0.3 is 10.3 Å². The Balaban J connectivity index is 2.25. The van der Waals surface area contributed by atoms with Gasteiger partial charge in [0, 0.05) is 17.4 Å². The average molecular weight is 202 g/mol. The SMILES string of the molecule is CCCNC(=O)c1cc2ccccc2[nH]1. The maximum absolute atomic E-state index is 11.6. The van der Waals surface area contributed by atoms with Crippen LogP contribution in [0.5, 0.6) is 0 Å². The average Bonchev–Trinajstić information content (AvgIpc) is 2.69. The quantitative estimate of drug-likeness (QED) is 0.788. The van der Waals surface area contributed by atoms with E-state index in [1.165, 1.54) is 0 Å². The van der Waals surface area contributed by atoms with E-state index in [0.717, 1.165) is 17.3 Å². The van der Waals surface area contributed by atoms with Crippen LogP contribution in [0.4, 0.5) is 0 Å². The summed E-state index contributed by atoms with van der Waals surface area (Å²) < 4.78 is 0. The highest BCUT2D eigenvalue weighted by molar-refractivity contribution is 5.97. The first-order valence-electron chi connectivity index (χ1n) is 5.17. The number of carbonyl (C=O) groups excluding carboxylic acids is 1. The lowest BCUT2D eigenvalue weighted by molar-refractivity contribution is 0.0949. The Kier molecular flexibility index (Phi) is 2.72. The lowest BCUT2D eigenvalue weighted by atomic mass is 10.2. The maximum atomic E-state index is 11.6. The second-order valence-electron chi connectivity index (χ2n) is 3.53. The molecule has 1 heterocycles. The number of H-pyrrole nitrogens is 1. The molecule has 1 aromatic heterocycles. The monoisotopic (exact) mass is 202 g/mol. The fourth-order valence-corrected chi connectivity index (χ4v) is 1.53. The summed E-state index contributed by atoms with van der Waals surface area (Å²) in [6.07, 6.45) is 0.950. The molecular weight excluding hydrogens is 188 g/mol. The standard InChI is InChI=1S/C12H14N2O/c1-2-7-13-12(15)11-8-9-5-3-4-6-10(9)14-11/h3-6,8,14H,2,7H2,1H3,(H,13,15). The van der Waals surface area contributed by atoms with Gasteiger partial charge in [-0.25, -0.2) is 0 Å². The molecule has 2 N–H and O–H groups in total. The number of hydrogen-bond acceptors (Lipinski definition) is 1. The number of carbonyl (C=O) groups is 1. The predicted molar refractivity (Wildman–Crippen MR) is 60.9 cm³/mol. The van der Waals surface area contributed by atoms with Gasteiger partial charge in [0.1, 0.15) is 5.69 Å². The van der Waals surface area contributed by atoms with Crippen molar-refractivity contribution in [2.24, 2.45) is 0 Å². The zero-order valence-electron chi connectivity index (χ0n) is 8.71. The van der Waals surface area contributed by atoms with E-state index in [1.54, 1.807) is 0 Å².